The van der Waals surface area contributed by atoms with Gasteiger partial charge in [0.1, 0.15) is 4.90 Å². The number of benzene rings is 2. The lowest BCUT2D eigenvalue weighted by Gasteiger charge is -2.34. The summed E-state index contributed by atoms with van der Waals surface area (Å²) < 4.78 is 77.7. The maximum atomic E-state index is 14.0. The van der Waals surface area contributed by atoms with Gasteiger partial charge >= 0.3 is 0 Å². The van der Waals surface area contributed by atoms with Crippen LogP contribution in [0.15, 0.2) is 41.3 Å². The van der Waals surface area contributed by atoms with Gasteiger partial charge in [-0.3, -0.25) is 4.79 Å². The van der Waals surface area contributed by atoms with Crippen LogP contribution in [0.5, 0.6) is 11.5 Å². The summed E-state index contributed by atoms with van der Waals surface area (Å²) in [6.07, 6.45) is 3.76. The van der Waals surface area contributed by atoms with E-state index in [1.807, 2.05) is 25.1 Å². The van der Waals surface area contributed by atoms with E-state index in [0.29, 0.717) is 23.6 Å². The van der Waals surface area contributed by atoms with E-state index in [4.69, 9.17) is 9.47 Å². The van der Waals surface area contributed by atoms with Gasteiger partial charge in [0, 0.05) is 26.2 Å². The van der Waals surface area contributed by atoms with Crippen molar-refractivity contribution in [2.75, 3.05) is 39.9 Å². The van der Waals surface area contributed by atoms with Gasteiger partial charge in [0.15, 0.2) is 35.6 Å². The predicted octanol–water partition coefficient (Wildman–Crippen LogP) is 3.06. The Morgan fingerprint density at radius 1 is 1.03 bits per heavy atom. The Balaban J connectivity index is 1.61. The van der Waals surface area contributed by atoms with Crippen LogP contribution in [-0.2, 0) is 14.8 Å². The first kappa shape index (κ1) is 24.6. The average molecular weight is 484 g/mol. The van der Waals surface area contributed by atoms with Gasteiger partial charge in [-0.05, 0) is 36.8 Å². The third-order valence-electron chi connectivity index (χ3n) is 5.11. The van der Waals surface area contributed by atoms with Crippen LogP contribution in [0.1, 0.15) is 12.5 Å². The van der Waals surface area contributed by atoms with Crippen molar-refractivity contribution in [1.29, 1.82) is 0 Å². The zero-order valence-corrected chi connectivity index (χ0v) is 18.9. The fourth-order valence-electron chi connectivity index (χ4n) is 3.35. The fraction of sp³-hybridized carbons (Fsp3) is 0.318. The highest BCUT2D eigenvalue weighted by Crippen LogP contribution is 2.29. The monoisotopic (exact) mass is 484 g/mol. The third-order valence-corrected chi connectivity index (χ3v) is 7.02. The van der Waals surface area contributed by atoms with Gasteiger partial charge in [0.2, 0.25) is 10.0 Å². The van der Waals surface area contributed by atoms with Gasteiger partial charge in [-0.2, -0.15) is 4.31 Å². The van der Waals surface area contributed by atoms with Crippen LogP contribution in [0.2, 0.25) is 0 Å². The molecule has 0 N–H and O–H groups in total. The molecule has 0 spiro atoms. The highest BCUT2D eigenvalue weighted by atomic mass is 32.2. The second-order valence-corrected chi connectivity index (χ2v) is 9.06. The van der Waals surface area contributed by atoms with E-state index >= 15 is 0 Å². The number of nitrogens with zero attached hydrogens (tertiary/aromatic N) is 2. The van der Waals surface area contributed by atoms with Crippen molar-refractivity contribution < 1.29 is 35.9 Å². The number of piperazine rings is 1. The van der Waals surface area contributed by atoms with Crippen LogP contribution >= 0.6 is 0 Å². The zero-order valence-electron chi connectivity index (χ0n) is 18.1. The van der Waals surface area contributed by atoms with Gasteiger partial charge in [0.05, 0.1) is 7.11 Å². The molecule has 0 saturated carbocycles. The molecule has 178 valence electrons. The summed E-state index contributed by atoms with van der Waals surface area (Å²) in [7, 11) is -2.91. The SMILES string of the molecule is CC=Cc1ccc(OCC(=O)N2CCN(S(=O)(=O)c3ccc(F)c(F)c3F)CC2)c(OC)c1. The van der Waals surface area contributed by atoms with Crippen molar-refractivity contribution in [3.63, 3.8) is 0 Å². The molecule has 0 radical (unpaired) electrons. The smallest absolute Gasteiger partial charge is 0.260 e. The lowest BCUT2D eigenvalue weighted by Crippen LogP contribution is -2.51. The van der Waals surface area contributed by atoms with Crippen LogP contribution in [0.25, 0.3) is 6.08 Å². The minimum atomic E-state index is -4.39. The summed E-state index contributed by atoms with van der Waals surface area (Å²) in [5.74, 6) is -4.62. The molecule has 0 bridgehead atoms. The topological polar surface area (TPSA) is 76.2 Å². The van der Waals surface area contributed by atoms with Crippen molar-refractivity contribution in [2.24, 2.45) is 0 Å². The molecular formula is C22H23F3N2O5S. The molecule has 1 fully saturated rings. The Labute approximate surface area is 190 Å². The number of amides is 1. The molecule has 33 heavy (non-hydrogen) atoms. The van der Waals surface area contributed by atoms with Crippen LogP contribution < -0.4 is 9.47 Å². The van der Waals surface area contributed by atoms with Crippen LogP contribution in [0, 0.1) is 17.5 Å². The van der Waals surface area contributed by atoms with E-state index < -0.39 is 32.4 Å². The maximum absolute atomic E-state index is 14.0. The van der Waals surface area contributed by atoms with E-state index in [2.05, 4.69) is 0 Å². The summed E-state index contributed by atoms with van der Waals surface area (Å²) in [5, 5.41) is 0. The Kier molecular flexibility index (Phi) is 7.65. The molecule has 3 rings (SSSR count). The van der Waals surface area contributed by atoms with Gasteiger partial charge in [-0.25, -0.2) is 21.6 Å². The number of hydrogen-bond donors (Lipinski definition) is 0. The number of ether oxygens (including phenoxy) is 2. The zero-order chi connectivity index (χ0) is 24.2. The number of halogens is 3. The molecule has 1 amide bonds. The first-order chi connectivity index (χ1) is 15.7. The first-order valence-electron chi connectivity index (χ1n) is 10.0. The van der Waals surface area contributed by atoms with Gasteiger partial charge in [-0.15, -0.1) is 0 Å². The third kappa shape index (κ3) is 5.31. The minimum Gasteiger partial charge on any atom is -0.493 e. The van der Waals surface area contributed by atoms with Crippen LogP contribution in [0.3, 0.4) is 0 Å². The quantitative estimate of drug-likeness (QED) is 0.565. The van der Waals surface area contributed by atoms with Gasteiger partial charge < -0.3 is 14.4 Å². The number of methoxy groups -OCH3 is 1. The number of carbonyl (C=O) groups is 1. The summed E-state index contributed by atoms with van der Waals surface area (Å²) in [6.45, 7) is 1.40. The highest BCUT2D eigenvalue weighted by Gasteiger charge is 2.33. The lowest BCUT2D eigenvalue weighted by atomic mass is 10.2. The van der Waals surface area contributed by atoms with E-state index in [9.17, 15) is 26.4 Å². The molecule has 2 aromatic carbocycles. The van der Waals surface area contributed by atoms with Crippen LogP contribution in [-0.4, -0.2) is 63.4 Å². The molecule has 11 heteroatoms. The first-order valence-corrected chi connectivity index (χ1v) is 11.5. The molecule has 2 aromatic rings. The number of sulfonamides is 1. The van der Waals surface area contributed by atoms with Crippen molar-refractivity contribution >= 4 is 22.0 Å². The van der Waals surface area contributed by atoms with Crippen molar-refractivity contribution in [2.45, 2.75) is 11.8 Å². The summed E-state index contributed by atoms with van der Waals surface area (Å²) in [5.41, 5.74) is 0.905. The van der Waals surface area contributed by atoms with E-state index in [0.717, 1.165) is 9.87 Å². The molecular weight excluding hydrogens is 461 g/mol. The number of allylic oxidation sites excluding steroid dienone is 1. The highest BCUT2D eigenvalue weighted by molar-refractivity contribution is 7.89. The second-order valence-electron chi connectivity index (χ2n) is 7.16. The molecule has 0 atom stereocenters. The molecule has 0 aromatic heterocycles. The summed E-state index contributed by atoms with van der Waals surface area (Å²) in [6, 6.07) is 6.50. The van der Waals surface area contributed by atoms with E-state index in [1.165, 1.54) is 12.0 Å². The fourth-order valence-corrected chi connectivity index (χ4v) is 4.83. The Hall–Kier alpha value is -3.05. The van der Waals surface area contributed by atoms with E-state index in [1.54, 1.807) is 12.1 Å². The molecule has 7 nitrogen and oxygen atoms in total. The van der Waals surface area contributed by atoms with E-state index in [-0.39, 0.29) is 38.7 Å². The Morgan fingerprint density at radius 3 is 2.36 bits per heavy atom. The Morgan fingerprint density at radius 2 is 1.73 bits per heavy atom. The summed E-state index contributed by atoms with van der Waals surface area (Å²) >= 11 is 0. The lowest BCUT2D eigenvalue weighted by molar-refractivity contribution is -0.134. The Bertz CT molecular complexity index is 1160. The molecule has 1 aliphatic rings. The second kappa shape index (κ2) is 10.3. The van der Waals surface area contributed by atoms with Crippen LogP contribution in [0.4, 0.5) is 13.2 Å². The summed E-state index contributed by atoms with van der Waals surface area (Å²) in [4.78, 5) is 13.0. The molecule has 1 aliphatic heterocycles. The number of hydrogen-bond acceptors (Lipinski definition) is 5. The molecule has 1 heterocycles. The largest absolute Gasteiger partial charge is 0.493 e. The molecule has 0 unspecified atom stereocenters. The molecule has 0 aliphatic carbocycles. The van der Waals surface area contributed by atoms with Gasteiger partial charge in [0.25, 0.3) is 5.91 Å². The van der Waals surface area contributed by atoms with Gasteiger partial charge in [-0.1, -0.05) is 18.2 Å². The van der Waals surface area contributed by atoms with Crippen molar-refractivity contribution in [1.82, 2.24) is 9.21 Å². The molecule has 1 saturated heterocycles. The average Bonchev–Trinajstić information content (AvgIpc) is 2.81. The number of rotatable bonds is 7. The predicted molar refractivity (Wildman–Crippen MR) is 115 cm³/mol. The standard InChI is InChI=1S/C22H23F3N2O5S/c1-3-4-15-5-7-17(18(13-15)31-2)32-14-20(28)26-9-11-27(12-10-26)33(29,30)19-8-6-16(23)21(24)22(19)25/h3-8,13H,9-12,14H2,1-2H3. The normalized spacial score (nSPS) is 15.1. The van der Waals surface area contributed by atoms with Crippen molar-refractivity contribution in [3.8, 4) is 11.5 Å². The number of carbonyl (C=O) groups excluding carboxylic acids is 1. The van der Waals surface area contributed by atoms with Crippen molar-refractivity contribution in [3.05, 3.63) is 59.4 Å². The maximum Gasteiger partial charge on any atom is 0.260 e. The minimum absolute atomic E-state index is 0.0318.